The number of halogens is 1. The second-order valence-electron chi connectivity index (χ2n) is 5.34. The van der Waals surface area contributed by atoms with Crippen molar-refractivity contribution < 1.29 is 0 Å². The van der Waals surface area contributed by atoms with E-state index in [1.807, 2.05) is 31.1 Å². The van der Waals surface area contributed by atoms with Crippen LogP contribution in [-0.4, -0.2) is 14.1 Å². The highest BCUT2D eigenvalue weighted by molar-refractivity contribution is 6.33. The Kier molecular flexibility index (Phi) is 4.56. The van der Waals surface area contributed by atoms with Gasteiger partial charge in [-0.1, -0.05) is 41.4 Å². The number of hydrogen-bond acceptors (Lipinski definition) is 2. The van der Waals surface area contributed by atoms with Crippen LogP contribution in [0, 0.1) is 6.92 Å². The van der Waals surface area contributed by atoms with Gasteiger partial charge in [0.15, 0.2) is 0 Å². The number of aryl methyl sites for hydroxylation is 1. The maximum absolute atomic E-state index is 6.29. The Balaban J connectivity index is 2.13. The van der Waals surface area contributed by atoms with E-state index in [-0.39, 0.29) is 6.04 Å². The second kappa shape index (κ2) is 6.19. The molecule has 0 aliphatic carbocycles. The molecule has 0 fully saturated rings. The molecule has 0 saturated heterocycles. The number of nitrogens with one attached hydrogen (secondary N) is 1. The van der Waals surface area contributed by atoms with Gasteiger partial charge in [-0.25, -0.2) is 0 Å². The molecule has 1 atom stereocenters. The molecule has 1 N–H and O–H groups in total. The van der Waals surface area contributed by atoms with Gasteiger partial charge in [-0.2, -0.15) is 0 Å². The molecule has 106 valence electrons. The smallest absolute Gasteiger partial charge is 0.0659 e. The Bertz CT molecular complexity index is 576. The Labute approximate surface area is 126 Å². The van der Waals surface area contributed by atoms with Crippen molar-refractivity contribution in [2.45, 2.75) is 19.9 Å². The van der Waals surface area contributed by atoms with Crippen LogP contribution in [-0.2, 0) is 0 Å². The molecule has 2 aromatic rings. The quantitative estimate of drug-likeness (QED) is 0.862. The molecule has 0 aliphatic rings. The second-order valence-corrected chi connectivity index (χ2v) is 5.74. The van der Waals surface area contributed by atoms with Gasteiger partial charge in [0.2, 0.25) is 0 Å². The fraction of sp³-hybridized carbons (Fsp3) is 0.294. The largest absolute Gasteiger partial charge is 0.378 e. The molecule has 0 radical (unpaired) electrons. The molecular weight excluding hydrogens is 268 g/mol. The fourth-order valence-electron chi connectivity index (χ4n) is 2.15. The monoisotopic (exact) mass is 288 g/mol. The summed E-state index contributed by atoms with van der Waals surface area (Å²) in [6.07, 6.45) is 0. The van der Waals surface area contributed by atoms with Gasteiger partial charge in [-0.05, 0) is 37.6 Å². The zero-order valence-corrected chi connectivity index (χ0v) is 13.2. The Hall–Kier alpha value is -1.67. The maximum Gasteiger partial charge on any atom is 0.0659 e. The predicted octanol–water partition coefficient (Wildman–Crippen LogP) is 4.89. The first-order chi connectivity index (χ1) is 9.47. The van der Waals surface area contributed by atoms with Crippen LogP contribution in [0.4, 0.5) is 11.4 Å². The number of anilines is 2. The van der Waals surface area contributed by atoms with Crippen molar-refractivity contribution in [3.63, 3.8) is 0 Å². The minimum absolute atomic E-state index is 0.247. The summed E-state index contributed by atoms with van der Waals surface area (Å²) in [6, 6.07) is 14.9. The van der Waals surface area contributed by atoms with Crippen LogP contribution in [0.2, 0.25) is 5.02 Å². The van der Waals surface area contributed by atoms with Crippen LogP contribution in [0.5, 0.6) is 0 Å². The van der Waals surface area contributed by atoms with Crippen molar-refractivity contribution in [1.82, 2.24) is 0 Å². The molecule has 0 amide bonds. The Morgan fingerprint density at radius 1 is 1.05 bits per heavy atom. The van der Waals surface area contributed by atoms with Gasteiger partial charge in [-0.15, -0.1) is 0 Å². The summed E-state index contributed by atoms with van der Waals surface area (Å²) in [5, 5.41) is 4.24. The standard InChI is InChI=1S/C17H21ClN2/c1-12-5-7-14(8-6-12)13(2)19-15-9-10-17(20(3)4)16(18)11-15/h5-11,13,19H,1-4H3. The summed E-state index contributed by atoms with van der Waals surface area (Å²) in [4.78, 5) is 2.01. The van der Waals surface area contributed by atoms with Crippen LogP contribution in [0.15, 0.2) is 42.5 Å². The summed E-state index contributed by atoms with van der Waals surface area (Å²) < 4.78 is 0. The topological polar surface area (TPSA) is 15.3 Å². The molecule has 0 heterocycles. The first-order valence-corrected chi connectivity index (χ1v) is 7.15. The number of rotatable bonds is 4. The van der Waals surface area contributed by atoms with Gasteiger partial charge < -0.3 is 10.2 Å². The highest BCUT2D eigenvalue weighted by Gasteiger charge is 2.07. The highest BCUT2D eigenvalue weighted by Crippen LogP contribution is 2.29. The summed E-state index contributed by atoms with van der Waals surface area (Å²) in [6.45, 7) is 4.25. The van der Waals surface area contributed by atoms with E-state index in [1.54, 1.807) is 0 Å². The van der Waals surface area contributed by atoms with Gasteiger partial charge in [0.25, 0.3) is 0 Å². The van der Waals surface area contributed by atoms with E-state index in [2.05, 4.69) is 49.5 Å². The Morgan fingerprint density at radius 2 is 1.70 bits per heavy atom. The molecule has 2 nitrogen and oxygen atoms in total. The third-order valence-electron chi connectivity index (χ3n) is 3.39. The van der Waals surface area contributed by atoms with E-state index in [1.165, 1.54) is 11.1 Å². The number of benzene rings is 2. The first kappa shape index (κ1) is 14.7. The predicted molar refractivity (Wildman–Crippen MR) is 89.0 cm³/mol. The van der Waals surface area contributed by atoms with Gasteiger partial charge in [0.1, 0.15) is 0 Å². The van der Waals surface area contributed by atoms with Crippen LogP contribution in [0.1, 0.15) is 24.1 Å². The average molecular weight is 289 g/mol. The van der Waals surface area contributed by atoms with Gasteiger partial charge in [0, 0.05) is 25.8 Å². The summed E-state index contributed by atoms with van der Waals surface area (Å²) >= 11 is 6.29. The van der Waals surface area contributed by atoms with E-state index in [0.717, 1.165) is 16.4 Å². The fourth-order valence-corrected chi connectivity index (χ4v) is 2.50. The molecule has 3 heteroatoms. The highest BCUT2D eigenvalue weighted by atomic mass is 35.5. The van der Waals surface area contributed by atoms with E-state index < -0.39 is 0 Å². The van der Waals surface area contributed by atoms with E-state index in [0.29, 0.717) is 0 Å². The third kappa shape index (κ3) is 3.45. The average Bonchev–Trinajstić information content (AvgIpc) is 2.39. The lowest BCUT2D eigenvalue weighted by Gasteiger charge is -2.19. The van der Waals surface area contributed by atoms with E-state index in [4.69, 9.17) is 11.6 Å². The normalized spacial score (nSPS) is 12.1. The maximum atomic E-state index is 6.29. The van der Waals surface area contributed by atoms with E-state index >= 15 is 0 Å². The lowest BCUT2D eigenvalue weighted by molar-refractivity contribution is 0.884. The SMILES string of the molecule is Cc1ccc(C(C)Nc2ccc(N(C)C)c(Cl)c2)cc1. The first-order valence-electron chi connectivity index (χ1n) is 6.77. The molecule has 1 unspecified atom stereocenters. The summed E-state index contributed by atoms with van der Waals surface area (Å²) in [7, 11) is 3.98. The van der Waals surface area contributed by atoms with Crippen LogP contribution < -0.4 is 10.2 Å². The van der Waals surface area contributed by atoms with Crippen LogP contribution >= 0.6 is 11.6 Å². The third-order valence-corrected chi connectivity index (χ3v) is 3.69. The van der Waals surface area contributed by atoms with Crippen LogP contribution in [0.25, 0.3) is 0 Å². The van der Waals surface area contributed by atoms with Crippen molar-refractivity contribution in [3.8, 4) is 0 Å². The zero-order chi connectivity index (χ0) is 14.7. The molecule has 0 aromatic heterocycles. The molecule has 2 aromatic carbocycles. The summed E-state index contributed by atoms with van der Waals surface area (Å²) in [5.74, 6) is 0. The molecule has 0 spiro atoms. The zero-order valence-electron chi connectivity index (χ0n) is 12.4. The van der Waals surface area contributed by atoms with Crippen molar-refractivity contribution in [2.75, 3.05) is 24.3 Å². The van der Waals surface area contributed by atoms with Gasteiger partial charge >= 0.3 is 0 Å². The number of hydrogen-bond donors (Lipinski definition) is 1. The molecule has 0 aliphatic heterocycles. The molecule has 0 saturated carbocycles. The van der Waals surface area contributed by atoms with Gasteiger partial charge in [-0.3, -0.25) is 0 Å². The number of nitrogens with zero attached hydrogens (tertiary/aromatic N) is 1. The molecule has 2 rings (SSSR count). The van der Waals surface area contributed by atoms with Crippen molar-refractivity contribution in [3.05, 3.63) is 58.6 Å². The minimum atomic E-state index is 0.247. The Morgan fingerprint density at radius 3 is 2.25 bits per heavy atom. The van der Waals surface area contributed by atoms with Crippen LogP contribution in [0.3, 0.4) is 0 Å². The molecule has 0 bridgehead atoms. The lowest BCUT2D eigenvalue weighted by Crippen LogP contribution is -2.10. The summed E-state index contributed by atoms with van der Waals surface area (Å²) in [5.41, 5.74) is 4.61. The van der Waals surface area contributed by atoms with Crippen molar-refractivity contribution >= 4 is 23.0 Å². The van der Waals surface area contributed by atoms with Crippen molar-refractivity contribution in [1.29, 1.82) is 0 Å². The van der Waals surface area contributed by atoms with Crippen molar-refractivity contribution in [2.24, 2.45) is 0 Å². The molecule has 20 heavy (non-hydrogen) atoms. The minimum Gasteiger partial charge on any atom is -0.378 e. The van der Waals surface area contributed by atoms with Gasteiger partial charge in [0.05, 0.1) is 10.7 Å². The lowest BCUT2D eigenvalue weighted by atomic mass is 10.1. The van der Waals surface area contributed by atoms with E-state index in [9.17, 15) is 0 Å². The molecular formula is C17H21ClN2.